The Balaban J connectivity index is 1.82. The Morgan fingerprint density at radius 3 is 2.50 bits per heavy atom. The molecule has 0 aromatic carbocycles. The van der Waals surface area contributed by atoms with Crippen molar-refractivity contribution in [1.29, 1.82) is 0 Å². The molecule has 1 saturated carbocycles. The number of carbonyl (C=O) groups is 1. The van der Waals surface area contributed by atoms with Gasteiger partial charge in [-0.05, 0) is 24.8 Å². The Kier molecular flexibility index (Phi) is 5.58. The van der Waals surface area contributed by atoms with Gasteiger partial charge in [-0.1, -0.05) is 57.2 Å². The summed E-state index contributed by atoms with van der Waals surface area (Å²) in [7, 11) is 0. The maximum atomic E-state index is 11.9. The average Bonchev–Trinajstić information content (AvgIpc) is 3.21. The molecule has 20 heavy (non-hydrogen) atoms. The van der Waals surface area contributed by atoms with Gasteiger partial charge in [0.15, 0.2) is 0 Å². The molecule has 4 heteroatoms. The van der Waals surface area contributed by atoms with Crippen LogP contribution in [0.25, 0.3) is 0 Å². The highest BCUT2D eigenvalue weighted by Crippen LogP contribution is 2.42. The fourth-order valence-electron chi connectivity index (χ4n) is 2.51. The molecular formula is C16H24O3S. The Bertz CT molecular complexity index is 431. The second-order valence-electron chi connectivity index (χ2n) is 5.66. The van der Waals surface area contributed by atoms with E-state index in [2.05, 4.69) is 6.92 Å². The highest BCUT2D eigenvalue weighted by Gasteiger charge is 2.37. The molecule has 1 fully saturated rings. The second kappa shape index (κ2) is 7.21. The number of hydrogen-bond acceptors (Lipinski definition) is 4. The van der Waals surface area contributed by atoms with Gasteiger partial charge in [0, 0.05) is 0 Å². The molecular weight excluding hydrogens is 272 g/mol. The number of allylic oxidation sites excluding steroid dienone is 2. The molecule has 0 spiro atoms. The average molecular weight is 296 g/mol. The molecule has 1 aliphatic heterocycles. The summed E-state index contributed by atoms with van der Waals surface area (Å²) in [5.41, 5.74) is 1.08. The predicted molar refractivity (Wildman–Crippen MR) is 82.9 cm³/mol. The third-order valence-electron chi connectivity index (χ3n) is 3.91. The van der Waals surface area contributed by atoms with Crippen LogP contribution in [-0.2, 0) is 4.79 Å². The van der Waals surface area contributed by atoms with E-state index >= 15 is 0 Å². The minimum atomic E-state index is -0.171. The van der Waals surface area contributed by atoms with Gasteiger partial charge >= 0.3 is 0 Å². The van der Waals surface area contributed by atoms with Crippen molar-refractivity contribution < 1.29 is 15.0 Å². The summed E-state index contributed by atoms with van der Waals surface area (Å²) < 4.78 is 0. The molecule has 1 aliphatic carbocycles. The van der Waals surface area contributed by atoms with E-state index in [9.17, 15) is 15.0 Å². The van der Waals surface area contributed by atoms with Crippen molar-refractivity contribution in [3.63, 3.8) is 0 Å². The molecule has 0 aromatic rings. The van der Waals surface area contributed by atoms with Crippen molar-refractivity contribution in [2.75, 3.05) is 0 Å². The minimum Gasteiger partial charge on any atom is -0.510 e. The van der Waals surface area contributed by atoms with Gasteiger partial charge in [-0.2, -0.15) is 0 Å². The number of thioether (sulfide) groups is 1. The quantitative estimate of drug-likeness (QED) is 0.499. The van der Waals surface area contributed by atoms with Crippen molar-refractivity contribution >= 4 is 16.9 Å². The standard InChI is InChI=1S/C16H24O3S/c1-2-3-4-5-6-7-8-12-15(18)13(16(19)20-12)14(17)11-9-10-11/h12,17-18H,2-10H2,1H3. The summed E-state index contributed by atoms with van der Waals surface area (Å²) in [5, 5.41) is 19.8. The lowest BCUT2D eigenvalue weighted by Gasteiger charge is -2.08. The highest BCUT2D eigenvalue weighted by atomic mass is 32.2. The summed E-state index contributed by atoms with van der Waals surface area (Å²) in [6, 6.07) is 0. The topological polar surface area (TPSA) is 57.5 Å². The number of rotatable bonds is 8. The summed E-state index contributed by atoms with van der Waals surface area (Å²) in [4.78, 5) is 11.9. The number of unbranched alkanes of at least 4 members (excludes halogenated alkanes) is 5. The third kappa shape index (κ3) is 3.81. The summed E-state index contributed by atoms with van der Waals surface area (Å²) in [6.45, 7) is 2.20. The van der Waals surface area contributed by atoms with Gasteiger partial charge in [0.2, 0.25) is 5.12 Å². The van der Waals surface area contributed by atoms with Crippen LogP contribution in [0.15, 0.2) is 22.7 Å². The molecule has 2 N–H and O–H groups in total. The van der Waals surface area contributed by atoms with Crippen LogP contribution in [0.3, 0.4) is 0 Å². The zero-order chi connectivity index (χ0) is 14.5. The number of aliphatic hydroxyl groups is 2. The van der Waals surface area contributed by atoms with Crippen LogP contribution in [0, 0.1) is 0 Å². The first-order valence-electron chi connectivity index (χ1n) is 7.70. The Hall–Kier alpha value is -0.900. The smallest absolute Gasteiger partial charge is 0.227 e. The summed E-state index contributed by atoms with van der Waals surface area (Å²) in [6.07, 6.45) is 9.73. The first-order chi connectivity index (χ1) is 9.65. The molecule has 0 bridgehead atoms. The van der Waals surface area contributed by atoms with Crippen LogP contribution in [0.4, 0.5) is 0 Å². The molecule has 0 saturated heterocycles. The van der Waals surface area contributed by atoms with Crippen molar-refractivity contribution in [1.82, 2.24) is 0 Å². The van der Waals surface area contributed by atoms with Gasteiger partial charge in [0.25, 0.3) is 0 Å². The lowest BCUT2D eigenvalue weighted by molar-refractivity contribution is -0.107. The minimum absolute atomic E-state index is 0.0467. The normalized spacial score (nSPS) is 21.8. The molecule has 112 valence electrons. The van der Waals surface area contributed by atoms with Crippen molar-refractivity contribution in [2.24, 2.45) is 0 Å². The molecule has 2 rings (SSSR count). The third-order valence-corrected chi connectivity index (χ3v) is 5.07. The first kappa shape index (κ1) is 15.5. The van der Waals surface area contributed by atoms with Crippen LogP contribution < -0.4 is 0 Å². The van der Waals surface area contributed by atoms with E-state index in [1.807, 2.05) is 0 Å². The monoisotopic (exact) mass is 296 g/mol. The van der Waals surface area contributed by atoms with Gasteiger partial charge in [-0.15, -0.1) is 0 Å². The van der Waals surface area contributed by atoms with Crippen LogP contribution in [0.2, 0.25) is 0 Å². The van der Waals surface area contributed by atoms with Gasteiger partial charge < -0.3 is 10.2 Å². The molecule has 1 unspecified atom stereocenters. The van der Waals surface area contributed by atoms with E-state index in [0.717, 1.165) is 37.7 Å². The van der Waals surface area contributed by atoms with Gasteiger partial charge in [-0.25, -0.2) is 0 Å². The second-order valence-corrected chi connectivity index (χ2v) is 6.84. The van der Waals surface area contributed by atoms with Gasteiger partial charge in [0.1, 0.15) is 17.1 Å². The number of aliphatic hydroxyl groups excluding tert-OH is 2. The van der Waals surface area contributed by atoms with Gasteiger partial charge in [-0.3, -0.25) is 4.79 Å². The molecule has 0 aromatic heterocycles. The summed E-state index contributed by atoms with van der Waals surface area (Å²) in [5.74, 6) is 0.149. The van der Waals surface area contributed by atoms with Crippen LogP contribution in [-0.4, -0.2) is 20.6 Å². The van der Waals surface area contributed by atoms with Crippen LogP contribution >= 0.6 is 11.8 Å². The zero-order valence-electron chi connectivity index (χ0n) is 12.2. The molecule has 0 amide bonds. The van der Waals surface area contributed by atoms with E-state index in [4.69, 9.17) is 0 Å². The molecule has 1 atom stereocenters. The number of hydrogen-bond donors (Lipinski definition) is 2. The Labute approximate surface area is 125 Å². The molecule has 1 heterocycles. The Morgan fingerprint density at radius 2 is 1.85 bits per heavy atom. The lowest BCUT2D eigenvalue weighted by atomic mass is 10.1. The lowest BCUT2D eigenvalue weighted by Crippen LogP contribution is -2.03. The fraction of sp³-hybridized carbons (Fsp3) is 0.688. The van der Waals surface area contributed by atoms with E-state index in [-0.39, 0.29) is 27.5 Å². The molecule has 3 nitrogen and oxygen atoms in total. The van der Waals surface area contributed by atoms with Crippen molar-refractivity contribution in [3.8, 4) is 0 Å². The van der Waals surface area contributed by atoms with E-state index < -0.39 is 0 Å². The Morgan fingerprint density at radius 1 is 1.20 bits per heavy atom. The first-order valence-corrected chi connectivity index (χ1v) is 8.58. The maximum absolute atomic E-state index is 11.9. The highest BCUT2D eigenvalue weighted by molar-refractivity contribution is 8.15. The van der Waals surface area contributed by atoms with E-state index in [1.54, 1.807) is 0 Å². The van der Waals surface area contributed by atoms with Crippen molar-refractivity contribution in [3.05, 3.63) is 22.7 Å². The van der Waals surface area contributed by atoms with E-state index in [1.165, 1.54) is 37.4 Å². The fourth-order valence-corrected chi connectivity index (χ4v) is 3.60. The van der Waals surface area contributed by atoms with Crippen LogP contribution in [0.1, 0.15) is 64.7 Å². The predicted octanol–water partition coefficient (Wildman–Crippen LogP) is 4.80. The SMILES string of the molecule is CCCCCCCCC1SC(=O)C(C(O)=C2CC2)=C1O. The van der Waals surface area contributed by atoms with Crippen molar-refractivity contribution in [2.45, 2.75) is 70.0 Å². The van der Waals surface area contributed by atoms with Gasteiger partial charge in [0.05, 0.1) is 5.25 Å². The van der Waals surface area contributed by atoms with E-state index in [0.29, 0.717) is 0 Å². The largest absolute Gasteiger partial charge is 0.510 e. The molecule has 0 radical (unpaired) electrons. The molecule has 2 aliphatic rings. The summed E-state index contributed by atoms with van der Waals surface area (Å²) >= 11 is 1.17. The van der Waals surface area contributed by atoms with Crippen LogP contribution in [0.5, 0.6) is 0 Å². The zero-order valence-corrected chi connectivity index (χ0v) is 13.0. The number of carbonyl (C=O) groups excluding carboxylic acids is 1. The maximum Gasteiger partial charge on any atom is 0.227 e.